The molecule has 2 aliphatic heterocycles. The van der Waals surface area contributed by atoms with Crippen LogP contribution in [-0.2, 0) is 9.53 Å². The number of nitrogens with zero attached hydrogens (tertiary/aromatic N) is 3. The molecule has 1 amide bonds. The Morgan fingerprint density at radius 3 is 2.63 bits per heavy atom. The molecular formula is C17H22N4O5S. The van der Waals surface area contributed by atoms with Crippen molar-refractivity contribution in [2.45, 2.75) is 18.9 Å². The number of carbonyl (C=O) groups excluding carboxylic acids is 1. The van der Waals surface area contributed by atoms with E-state index in [2.05, 4.69) is 5.32 Å². The number of methoxy groups -OCH3 is 1. The summed E-state index contributed by atoms with van der Waals surface area (Å²) in [5, 5.41) is 14.5. The summed E-state index contributed by atoms with van der Waals surface area (Å²) in [5.41, 5.74) is 0.510. The highest BCUT2D eigenvalue weighted by Gasteiger charge is 2.30. The zero-order valence-electron chi connectivity index (χ0n) is 15.1. The summed E-state index contributed by atoms with van der Waals surface area (Å²) in [4.78, 5) is 26.6. The van der Waals surface area contributed by atoms with Gasteiger partial charge in [-0.2, -0.15) is 0 Å². The first kappa shape index (κ1) is 19.3. The van der Waals surface area contributed by atoms with Gasteiger partial charge in [-0.15, -0.1) is 0 Å². The van der Waals surface area contributed by atoms with E-state index in [-0.39, 0.29) is 17.7 Å². The van der Waals surface area contributed by atoms with Gasteiger partial charge in [-0.25, -0.2) is 0 Å². The molecule has 0 radical (unpaired) electrons. The Hall–Kier alpha value is -2.46. The van der Waals surface area contributed by atoms with Crippen molar-refractivity contribution in [1.29, 1.82) is 0 Å². The van der Waals surface area contributed by atoms with Gasteiger partial charge < -0.3 is 24.6 Å². The van der Waals surface area contributed by atoms with Crippen LogP contribution in [0.25, 0.3) is 0 Å². The van der Waals surface area contributed by atoms with Crippen molar-refractivity contribution >= 4 is 34.6 Å². The lowest BCUT2D eigenvalue weighted by Gasteiger charge is -2.37. The molecule has 1 atom stereocenters. The van der Waals surface area contributed by atoms with Crippen LogP contribution >= 0.6 is 12.2 Å². The van der Waals surface area contributed by atoms with E-state index in [1.807, 2.05) is 9.80 Å². The van der Waals surface area contributed by atoms with E-state index in [0.717, 1.165) is 12.8 Å². The quantitative estimate of drug-likeness (QED) is 0.468. The van der Waals surface area contributed by atoms with Gasteiger partial charge in [0.25, 0.3) is 11.6 Å². The van der Waals surface area contributed by atoms with Crippen molar-refractivity contribution in [2.75, 3.05) is 45.2 Å². The molecule has 0 aliphatic carbocycles. The Kier molecular flexibility index (Phi) is 6.07. The molecule has 0 saturated carbocycles. The molecule has 10 heteroatoms. The van der Waals surface area contributed by atoms with Crippen LogP contribution in [0.5, 0.6) is 5.75 Å². The average molecular weight is 394 g/mol. The summed E-state index contributed by atoms with van der Waals surface area (Å²) in [7, 11) is 1.45. The van der Waals surface area contributed by atoms with Crippen molar-refractivity contribution in [2.24, 2.45) is 0 Å². The zero-order chi connectivity index (χ0) is 19.4. The fourth-order valence-electron chi connectivity index (χ4n) is 3.20. The van der Waals surface area contributed by atoms with Gasteiger partial charge in [0, 0.05) is 38.9 Å². The number of rotatable bonds is 4. The van der Waals surface area contributed by atoms with Gasteiger partial charge in [-0.3, -0.25) is 14.9 Å². The molecule has 2 fully saturated rings. The fraction of sp³-hybridized carbons (Fsp3) is 0.529. The molecule has 146 valence electrons. The fourth-order valence-corrected chi connectivity index (χ4v) is 3.49. The van der Waals surface area contributed by atoms with Gasteiger partial charge in [0.15, 0.2) is 5.11 Å². The largest absolute Gasteiger partial charge is 0.494 e. The number of benzene rings is 1. The van der Waals surface area contributed by atoms with E-state index in [1.165, 1.54) is 19.2 Å². The maximum atomic E-state index is 12.4. The summed E-state index contributed by atoms with van der Waals surface area (Å²) in [6.45, 7) is 3.04. The second-order valence-corrected chi connectivity index (χ2v) is 6.77. The normalized spacial score (nSPS) is 19.7. The predicted molar refractivity (Wildman–Crippen MR) is 103 cm³/mol. The SMILES string of the molecule is COc1cc([N+](=O)[O-])ccc1NC(=S)N1CCN(C(=O)C2CCCO2)CC1. The predicted octanol–water partition coefficient (Wildman–Crippen LogP) is 1.62. The Balaban J connectivity index is 1.56. The van der Waals surface area contributed by atoms with E-state index in [0.29, 0.717) is 49.3 Å². The summed E-state index contributed by atoms with van der Waals surface area (Å²) in [6.07, 6.45) is 1.42. The third kappa shape index (κ3) is 4.45. The van der Waals surface area contributed by atoms with Crippen molar-refractivity contribution in [1.82, 2.24) is 9.80 Å². The summed E-state index contributed by atoms with van der Waals surface area (Å²) < 4.78 is 10.7. The molecule has 3 rings (SSSR count). The third-order valence-electron chi connectivity index (χ3n) is 4.72. The number of ether oxygens (including phenoxy) is 2. The van der Waals surface area contributed by atoms with Gasteiger partial charge in [0.1, 0.15) is 11.9 Å². The number of anilines is 1. The van der Waals surface area contributed by atoms with Crippen LogP contribution in [0.1, 0.15) is 12.8 Å². The summed E-state index contributed by atoms with van der Waals surface area (Å²) in [6, 6.07) is 4.31. The molecule has 2 aliphatic rings. The first-order chi connectivity index (χ1) is 13.0. The number of nitro benzene ring substituents is 1. The summed E-state index contributed by atoms with van der Waals surface area (Å²) in [5.74, 6) is 0.404. The van der Waals surface area contributed by atoms with E-state index in [1.54, 1.807) is 6.07 Å². The van der Waals surface area contributed by atoms with E-state index in [4.69, 9.17) is 21.7 Å². The van der Waals surface area contributed by atoms with Crippen LogP contribution in [0.4, 0.5) is 11.4 Å². The minimum Gasteiger partial charge on any atom is -0.494 e. The minimum absolute atomic E-state index is 0.0513. The molecule has 2 saturated heterocycles. The second kappa shape index (κ2) is 8.49. The molecular weight excluding hydrogens is 372 g/mol. The van der Waals surface area contributed by atoms with Crippen LogP contribution in [-0.4, -0.2) is 71.7 Å². The number of nitro groups is 1. The minimum atomic E-state index is -0.477. The van der Waals surface area contributed by atoms with Gasteiger partial charge >= 0.3 is 0 Å². The molecule has 1 aromatic carbocycles. The lowest BCUT2D eigenvalue weighted by molar-refractivity contribution is -0.384. The highest BCUT2D eigenvalue weighted by molar-refractivity contribution is 7.80. The third-order valence-corrected chi connectivity index (χ3v) is 5.08. The lowest BCUT2D eigenvalue weighted by Crippen LogP contribution is -2.53. The topological polar surface area (TPSA) is 97.2 Å². The number of carbonyl (C=O) groups is 1. The number of piperazine rings is 1. The van der Waals surface area contributed by atoms with Gasteiger partial charge in [-0.05, 0) is 31.1 Å². The van der Waals surface area contributed by atoms with E-state index >= 15 is 0 Å². The van der Waals surface area contributed by atoms with Crippen LogP contribution in [0.3, 0.4) is 0 Å². The second-order valence-electron chi connectivity index (χ2n) is 6.39. The molecule has 2 heterocycles. The van der Waals surface area contributed by atoms with Crippen molar-refractivity contribution < 1.29 is 19.2 Å². The van der Waals surface area contributed by atoms with Crippen LogP contribution < -0.4 is 10.1 Å². The first-order valence-corrected chi connectivity index (χ1v) is 9.19. The van der Waals surface area contributed by atoms with Gasteiger partial charge in [0.05, 0.1) is 23.8 Å². The number of non-ortho nitro benzene ring substituents is 1. The van der Waals surface area contributed by atoms with Crippen LogP contribution in [0.15, 0.2) is 18.2 Å². The number of thiocarbonyl (C=S) groups is 1. The van der Waals surface area contributed by atoms with Crippen LogP contribution in [0.2, 0.25) is 0 Å². The molecule has 1 N–H and O–H groups in total. The molecule has 0 aromatic heterocycles. The highest BCUT2D eigenvalue weighted by Crippen LogP contribution is 2.29. The lowest BCUT2D eigenvalue weighted by atomic mass is 10.2. The molecule has 0 spiro atoms. The van der Waals surface area contributed by atoms with Crippen molar-refractivity contribution in [3.63, 3.8) is 0 Å². The summed E-state index contributed by atoms with van der Waals surface area (Å²) >= 11 is 5.46. The molecule has 9 nitrogen and oxygen atoms in total. The average Bonchev–Trinajstić information content (AvgIpc) is 3.22. The van der Waals surface area contributed by atoms with Gasteiger partial charge in [0.2, 0.25) is 0 Å². The van der Waals surface area contributed by atoms with Crippen molar-refractivity contribution in [3.8, 4) is 5.75 Å². The molecule has 1 unspecified atom stereocenters. The number of nitrogens with one attached hydrogen (secondary N) is 1. The maximum Gasteiger partial charge on any atom is 0.273 e. The molecule has 0 bridgehead atoms. The first-order valence-electron chi connectivity index (χ1n) is 8.78. The standard InChI is InChI=1S/C17H22N4O5S/c1-25-15-11-12(21(23)24)4-5-13(15)18-17(27)20-8-6-19(7-9-20)16(22)14-3-2-10-26-14/h4-5,11,14H,2-3,6-10H2,1H3,(H,18,27). The smallest absolute Gasteiger partial charge is 0.273 e. The number of hydrogen-bond donors (Lipinski definition) is 1. The number of amides is 1. The Morgan fingerprint density at radius 2 is 2.04 bits per heavy atom. The zero-order valence-corrected chi connectivity index (χ0v) is 15.9. The van der Waals surface area contributed by atoms with Crippen molar-refractivity contribution in [3.05, 3.63) is 28.3 Å². The maximum absolute atomic E-state index is 12.4. The van der Waals surface area contributed by atoms with Crippen LogP contribution in [0, 0.1) is 10.1 Å². The monoisotopic (exact) mass is 394 g/mol. The Bertz CT molecular complexity index is 730. The molecule has 27 heavy (non-hydrogen) atoms. The van der Waals surface area contributed by atoms with E-state index < -0.39 is 4.92 Å². The Morgan fingerprint density at radius 1 is 1.33 bits per heavy atom. The highest BCUT2D eigenvalue weighted by atomic mass is 32.1. The Labute approximate surface area is 162 Å². The van der Waals surface area contributed by atoms with E-state index in [9.17, 15) is 14.9 Å². The molecule has 1 aromatic rings. The van der Waals surface area contributed by atoms with Gasteiger partial charge in [-0.1, -0.05) is 0 Å². The number of hydrogen-bond acceptors (Lipinski definition) is 6.